The summed E-state index contributed by atoms with van der Waals surface area (Å²) in [6, 6.07) is 14.2. The number of hydrogen-bond donors (Lipinski definition) is 1. The van der Waals surface area contributed by atoms with Crippen molar-refractivity contribution in [3.63, 3.8) is 0 Å². The van der Waals surface area contributed by atoms with Gasteiger partial charge in [0.25, 0.3) is 0 Å². The highest BCUT2D eigenvalue weighted by atomic mass is 35.5. The van der Waals surface area contributed by atoms with E-state index in [0.29, 0.717) is 11.6 Å². The normalized spacial score (nSPS) is 12.2. The molecular weight excluding hydrogens is 270 g/mol. The molecule has 0 aliphatic rings. The molecule has 0 heterocycles. The molecule has 0 spiro atoms. The number of nitrogens with two attached hydrogens (primary N) is 1. The first kappa shape index (κ1) is 14.9. The highest BCUT2D eigenvalue weighted by Gasteiger charge is 2.09. The summed E-state index contributed by atoms with van der Waals surface area (Å²) in [5, 5.41) is 0.650. The second-order valence-electron chi connectivity index (χ2n) is 5.18. The molecule has 2 nitrogen and oxygen atoms in total. The standard InChI is InChI=1S/C17H20ClNO/c1-12-8-15(9-13(2)19)10-16(18)17(12)20-11-14-6-4-3-5-7-14/h3-8,10,13H,9,11,19H2,1-2H3. The molecule has 1 atom stereocenters. The van der Waals surface area contributed by atoms with Gasteiger partial charge in [0.15, 0.2) is 0 Å². The molecule has 0 fully saturated rings. The van der Waals surface area contributed by atoms with Gasteiger partial charge in [0.2, 0.25) is 0 Å². The van der Waals surface area contributed by atoms with E-state index in [-0.39, 0.29) is 6.04 Å². The maximum atomic E-state index is 6.32. The predicted molar refractivity (Wildman–Crippen MR) is 84.3 cm³/mol. The molecule has 2 aromatic carbocycles. The third kappa shape index (κ3) is 3.99. The van der Waals surface area contributed by atoms with E-state index >= 15 is 0 Å². The molecule has 3 heteroatoms. The first-order chi connectivity index (χ1) is 9.56. The molecule has 2 aromatic rings. The lowest BCUT2D eigenvalue weighted by molar-refractivity contribution is 0.304. The van der Waals surface area contributed by atoms with Crippen LogP contribution in [-0.2, 0) is 13.0 Å². The Morgan fingerprint density at radius 1 is 1.15 bits per heavy atom. The minimum absolute atomic E-state index is 0.126. The number of benzene rings is 2. The van der Waals surface area contributed by atoms with Crippen LogP contribution in [0.4, 0.5) is 0 Å². The molecule has 0 aliphatic carbocycles. The minimum Gasteiger partial charge on any atom is -0.487 e. The molecule has 0 saturated carbocycles. The summed E-state index contributed by atoms with van der Waals surface area (Å²) < 4.78 is 5.85. The molecule has 2 rings (SSSR count). The summed E-state index contributed by atoms with van der Waals surface area (Å²) in [6.45, 7) is 4.52. The molecule has 0 radical (unpaired) electrons. The SMILES string of the molecule is Cc1cc(CC(C)N)cc(Cl)c1OCc1ccccc1. The van der Waals surface area contributed by atoms with Crippen LogP contribution >= 0.6 is 11.6 Å². The Morgan fingerprint density at radius 2 is 1.85 bits per heavy atom. The van der Waals surface area contributed by atoms with Crippen LogP contribution in [-0.4, -0.2) is 6.04 Å². The van der Waals surface area contributed by atoms with Crippen molar-refractivity contribution in [1.82, 2.24) is 0 Å². The Morgan fingerprint density at radius 3 is 2.45 bits per heavy atom. The Labute approximate surface area is 125 Å². The summed E-state index contributed by atoms with van der Waals surface area (Å²) in [5.41, 5.74) is 9.14. The summed E-state index contributed by atoms with van der Waals surface area (Å²) in [7, 11) is 0. The number of aryl methyl sites for hydroxylation is 1. The van der Waals surface area contributed by atoms with Gasteiger partial charge in [-0.15, -0.1) is 0 Å². The molecule has 0 amide bonds. The molecule has 1 unspecified atom stereocenters. The van der Waals surface area contributed by atoms with Crippen LogP contribution in [0.1, 0.15) is 23.6 Å². The van der Waals surface area contributed by atoms with E-state index in [1.807, 2.05) is 50.2 Å². The Bertz CT molecular complexity index is 543. The molecule has 2 N–H and O–H groups in total. The van der Waals surface area contributed by atoms with Gasteiger partial charge < -0.3 is 10.5 Å². The average Bonchev–Trinajstić information content (AvgIpc) is 2.38. The van der Waals surface area contributed by atoms with Crippen molar-refractivity contribution in [3.8, 4) is 5.75 Å². The molecule has 20 heavy (non-hydrogen) atoms. The van der Waals surface area contributed by atoms with Gasteiger partial charge in [-0.05, 0) is 43.0 Å². The third-order valence-electron chi connectivity index (χ3n) is 3.07. The van der Waals surface area contributed by atoms with Crippen molar-refractivity contribution < 1.29 is 4.74 Å². The number of halogens is 1. The first-order valence-electron chi connectivity index (χ1n) is 6.77. The fourth-order valence-corrected chi connectivity index (χ4v) is 2.55. The molecule has 0 bridgehead atoms. The molecule has 0 saturated heterocycles. The van der Waals surface area contributed by atoms with E-state index in [4.69, 9.17) is 22.1 Å². The van der Waals surface area contributed by atoms with Gasteiger partial charge in [-0.1, -0.05) is 48.0 Å². The van der Waals surface area contributed by atoms with Crippen LogP contribution in [0.5, 0.6) is 5.75 Å². The maximum Gasteiger partial charge on any atom is 0.141 e. The Hall–Kier alpha value is -1.51. The largest absolute Gasteiger partial charge is 0.487 e. The van der Waals surface area contributed by atoms with Gasteiger partial charge in [0.1, 0.15) is 12.4 Å². The van der Waals surface area contributed by atoms with E-state index in [2.05, 4.69) is 6.07 Å². The first-order valence-corrected chi connectivity index (χ1v) is 7.15. The van der Waals surface area contributed by atoms with Crippen molar-refractivity contribution in [2.24, 2.45) is 5.73 Å². The van der Waals surface area contributed by atoms with E-state index in [1.54, 1.807) is 0 Å². The van der Waals surface area contributed by atoms with Gasteiger partial charge >= 0.3 is 0 Å². The highest BCUT2D eigenvalue weighted by molar-refractivity contribution is 6.32. The van der Waals surface area contributed by atoms with Crippen molar-refractivity contribution in [2.75, 3.05) is 0 Å². The number of rotatable bonds is 5. The van der Waals surface area contributed by atoms with Gasteiger partial charge in [-0.25, -0.2) is 0 Å². The van der Waals surface area contributed by atoms with Crippen molar-refractivity contribution in [2.45, 2.75) is 32.9 Å². The van der Waals surface area contributed by atoms with Crippen LogP contribution in [0, 0.1) is 6.92 Å². The summed E-state index contributed by atoms with van der Waals surface area (Å²) in [4.78, 5) is 0. The number of hydrogen-bond acceptors (Lipinski definition) is 2. The molecule has 0 aliphatic heterocycles. The van der Waals surface area contributed by atoms with E-state index in [0.717, 1.165) is 28.9 Å². The average molecular weight is 290 g/mol. The second kappa shape index (κ2) is 6.78. The van der Waals surface area contributed by atoms with Crippen molar-refractivity contribution in [1.29, 1.82) is 0 Å². The lowest BCUT2D eigenvalue weighted by Crippen LogP contribution is -2.17. The Kier molecular flexibility index (Phi) is 5.05. The van der Waals surface area contributed by atoms with Gasteiger partial charge in [0, 0.05) is 6.04 Å². The minimum atomic E-state index is 0.126. The summed E-state index contributed by atoms with van der Waals surface area (Å²) in [6.07, 6.45) is 0.819. The third-order valence-corrected chi connectivity index (χ3v) is 3.35. The summed E-state index contributed by atoms with van der Waals surface area (Å²) >= 11 is 6.32. The van der Waals surface area contributed by atoms with Gasteiger partial charge in [-0.2, -0.15) is 0 Å². The van der Waals surface area contributed by atoms with Crippen LogP contribution in [0.15, 0.2) is 42.5 Å². The molecule has 106 valence electrons. The number of ether oxygens (including phenoxy) is 1. The second-order valence-corrected chi connectivity index (χ2v) is 5.59. The van der Waals surface area contributed by atoms with E-state index < -0.39 is 0 Å². The van der Waals surface area contributed by atoms with E-state index in [9.17, 15) is 0 Å². The van der Waals surface area contributed by atoms with Crippen molar-refractivity contribution in [3.05, 3.63) is 64.2 Å². The lowest BCUT2D eigenvalue weighted by Gasteiger charge is -2.14. The van der Waals surface area contributed by atoms with Crippen LogP contribution in [0.25, 0.3) is 0 Å². The van der Waals surface area contributed by atoms with Crippen molar-refractivity contribution >= 4 is 11.6 Å². The monoisotopic (exact) mass is 289 g/mol. The summed E-state index contributed by atoms with van der Waals surface area (Å²) in [5.74, 6) is 0.754. The quantitative estimate of drug-likeness (QED) is 0.899. The predicted octanol–water partition coefficient (Wildman–Crippen LogP) is 4.12. The smallest absolute Gasteiger partial charge is 0.141 e. The zero-order valence-corrected chi connectivity index (χ0v) is 12.7. The fraction of sp³-hybridized carbons (Fsp3) is 0.294. The van der Waals surface area contributed by atoms with Crippen LogP contribution < -0.4 is 10.5 Å². The molecule has 0 aromatic heterocycles. The maximum absolute atomic E-state index is 6.32. The zero-order valence-electron chi connectivity index (χ0n) is 11.9. The van der Waals surface area contributed by atoms with Gasteiger partial charge in [0.05, 0.1) is 5.02 Å². The molecular formula is C17H20ClNO. The Balaban J connectivity index is 2.12. The highest BCUT2D eigenvalue weighted by Crippen LogP contribution is 2.31. The van der Waals surface area contributed by atoms with E-state index in [1.165, 1.54) is 0 Å². The lowest BCUT2D eigenvalue weighted by atomic mass is 10.0. The topological polar surface area (TPSA) is 35.2 Å². The fourth-order valence-electron chi connectivity index (χ4n) is 2.20. The zero-order chi connectivity index (χ0) is 14.5. The van der Waals surface area contributed by atoms with Crippen LogP contribution in [0.3, 0.4) is 0 Å². The van der Waals surface area contributed by atoms with Gasteiger partial charge in [-0.3, -0.25) is 0 Å². The van der Waals surface area contributed by atoms with Crippen LogP contribution in [0.2, 0.25) is 5.02 Å².